The Balaban J connectivity index is 3.02. The zero-order chi connectivity index (χ0) is 13.5. The molecule has 0 spiro atoms. The summed E-state index contributed by atoms with van der Waals surface area (Å²) in [4.78, 5) is 12.7. The number of hydrogen-bond acceptors (Lipinski definition) is 3. The molecule has 0 aliphatic carbocycles. The minimum Gasteiger partial charge on any atom is -0.367 e. The first-order chi connectivity index (χ1) is 7.62. The molecular weight excluding hydrogens is 266 g/mol. The lowest BCUT2D eigenvalue weighted by Gasteiger charge is -2.44. The molecule has 1 rings (SSSR count). The number of nitrogens with zero attached hydrogens (tertiary/aromatic N) is 1. The summed E-state index contributed by atoms with van der Waals surface area (Å²) in [5, 5.41) is 0.232. The van der Waals surface area contributed by atoms with Crippen molar-refractivity contribution in [2.24, 2.45) is 0 Å². The molecule has 0 saturated carbocycles. The van der Waals surface area contributed by atoms with Gasteiger partial charge in [-0.1, -0.05) is 33.9 Å². The van der Waals surface area contributed by atoms with E-state index in [1.165, 1.54) is 0 Å². The molecule has 0 radical (unpaired) electrons. The third-order valence-corrected chi connectivity index (χ3v) is 12.9. The van der Waals surface area contributed by atoms with Crippen molar-refractivity contribution >= 4 is 37.7 Å². The molecule has 0 unspecified atom stereocenters. The normalized spacial score (nSPS) is 21.1. The quantitative estimate of drug-likeness (QED) is 0.585. The van der Waals surface area contributed by atoms with E-state index in [9.17, 15) is 4.79 Å². The number of carbonyl (C=O) groups excluding carboxylic acids is 1. The number of hydrogen-bond donors (Lipinski definition) is 0. The highest BCUT2D eigenvalue weighted by molar-refractivity contribution is 8.18. The van der Waals surface area contributed by atoms with Crippen LogP contribution in [-0.2, 0) is 4.79 Å². The molecule has 17 heavy (non-hydrogen) atoms. The van der Waals surface area contributed by atoms with Crippen molar-refractivity contribution in [3.8, 4) is 0 Å². The van der Waals surface area contributed by atoms with E-state index in [2.05, 4.69) is 50.9 Å². The molecule has 1 amide bonds. The first-order valence-corrected chi connectivity index (χ1v) is 11.4. The van der Waals surface area contributed by atoms with Crippen LogP contribution in [0, 0.1) is 0 Å². The Kier molecular flexibility index (Phi) is 4.37. The molecule has 1 aliphatic rings. The Morgan fingerprint density at radius 2 is 1.71 bits per heavy atom. The molecule has 0 aromatic rings. The van der Waals surface area contributed by atoms with Crippen molar-refractivity contribution in [3.63, 3.8) is 0 Å². The van der Waals surface area contributed by atoms with Crippen LogP contribution >= 0.6 is 23.5 Å². The first kappa shape index (κ1) is 15.4. The third kappa shape index (κ3) is 2.43. The average Bonchev–Trinajstić information content (AvgIpc) is 2.55. The Morgan fingerprint density at radius 1 is 1.24 bits per heavy atom. The van der Waals surface area contributed by atoms with Gasteiger partial charge in [0.05, 0.1) is 0 Å². The van der Waals surface area contributed by atoms with Gasteiger partial charge < -0.3 is 4.57 Å². The molecule has 1 saturated heterocycles. The number of rotatable bonds is 3. The van der Waals surface area contributed by atoms with Crippen LogP contribution in [0.15, 0.2) is 0 Å². The molecule has 0 N–H and O–H groups in total. The van der Waals surface area contributed by atoms with E-state index in [1.807, 2.05) is 0 Å². The monoisotopic (exact) mass is 291 g/mol. The second-order valence-electron chi connectivity index (χ2n) is 6.18. The summed E-state index contributed by atoms with van der Waals surface area (Å²) in [6.45, 7) is 12.4. The average molecular weight is 292 g/mol. The van der Waals surface area contributed by atoms with Gasteiger partial charge in [-0.25, -0.2) is 0 Å². The van der Waals surface area contributed by atoms with E-state index in [1.54, 1.807) is 23.5 Å². The number of carbonyl (C=O) groups is 1. The summed E-state index contributed by atoms with van der Waals surface area (Å²) < 4.78 is 2.01. The molecule has 0 aromatic heterocycles. The Labute approximate surface area is 115 Å². The standard InChI is InChI=1S/C12H25NOS2Si/c1-11(2,3)17(6,7)13-9-8-12(15-4,16-5)10(13)14/h8-9H2,1-7H3. The summed E-state index contributed by atoms with van der Waals surface area (Å²) in [5.74, 6) is 0.365. The highest BCUT2D eigenvalue weighted by Gasteiger charge is 2.53. The van der Waals surface area contributed by atoms with E-state index in [-0.39, 0.29) is 9.12 Å². The van der Waals surface area contributed by atoms with Crippen molar-refractivity contribution in [2.75, 3.05) is 19.1 Å². The van der Waals surface area contributed by atoms with Crippen molar-refractivity contribution < 1.29 is 4.79 Å². The maximum atomic E-state index is 12.7. The molecular formula is C12H25NOS2Si. The molecule has 100 valence electrons. The van der Waals surface area contributed by atoms with Crippen LogP contribution in [0.4, 0.5) is 0 Å². The molecule has 5 heteroatoms. The van der Waals surface area contributed by atoms with Gasteiger partial charge in [0.15, 0.2) is 8.24 Å². The Morgan fingerprint density at radius 3 is 2.00 bits per heavy atom. The highest BCUT2D eigenvalue weighted by atomic mass is 32.2. The summed E-state index contributed by atoms with van der Waals surface area (Å²) >= 11 is 3.42. The molecule has 0 bridgehead atoms. The lowest BCUT2D eigenvalue weighted by molar-refractivity contribution is -0.124. The lowest BCUT2D eigenvalue weighted by Crippen LogP contribution is -2.57. The lowest BCUT2D eigenvalue weighted by atomic mass is 10.2. The Hall–Kier alpha value is 0.387. The fourth-order valence-electron chi connectivity index (χ4n) is 2.07. The van der Waals surface area contributed by atoms with Crippen LogP contribution in [0.3, 0.4) is 0 Å². The van der Waals surface area contributed by atoms with E-state index in [4.69, 9.17) is 0 Å². The minimum absolute atomic E-state index is 0.213. The van der Waals surface area contributed by atoms with Gasteiger partial charge in [-0.15, -0.1) is 23.5 Å². The largest absolute Gasteiger partial charge is 0.367 e. The van der Waals surface area contributed by atoms with Gasteiger partial charge in [-0.2, -0.15) is 0 Å². The summed E-state index contributed by atoms with van der Waals surface area (Å²) in [7, 11) is -1.70. The van der Waals surface area contributed by atoms with Gasteiger partial charge in [0.2, 0.25) is 5.91 Å². The predicted molar refractivity (Wildman–Crippen MR) is 83.3 cm³/mol. The van der Waals surface area contributed by atoms with Gasteiger partial charge >= 0.3 is 0 Å². The second-order valence-corrected chi connectivity index (χ2v) is 13.8. The van der Waals surface area contributed by atoms with E-state index in [0.29, 0.717) is 5.91 Å². The second kappa shape index (κ2) is 4.81. The van der Waals surface area contributed by atoms with Crippen molar-refractivity contribution in [1.82, 2.24) is 4.57 Å². The van der Waals surface area contributed by atoms with Gasteiger partial charge in [0.1, 0.15) is 4.08 Å². The fourth-order valence-corrected chi connectivity index (χ4v) is 6.24. The predicted octanol–water partition coefficient (Wildman–Crippen LogP) is 3.65. The topological polar surface area (TPSA) is 20.3 Å². The molecule has 1 heterocycles. The fraction of sp³-hybridized carbons (Fsp3) is 0.917. The minimum atomic E-state index is -1.70. The van der Waals surface area contributed by atoms with Crippen LogP contribution in [0.1, 0.15) is 27.2 Å². The number of thioether (sulfide) groups is 2. The van der Waals surface area contributed by atoms with Crippen LogP contribution in [0.2, 0.25) is 18.1 Å². The van der Waals surface area contributed by atoms with E-state index >= 15 is 0 Å². The highest BCUT2D eigenvalue weighted by Crippen LogP contribution is 2.48. The first-order valence-electron chi connectivity index (χ1n) is 6.05. The maximum Gasteiger partial charge on any atom is 0.241 e. The molecule has 2 nitrogen and oxygen atoms in total. The van der Waals surface area contributed by atoms with Gasteiger partial charge in [0, 0.05) is 6.54 Å². The van der Waals surface area contributed by atoms with Crippen molar-refractivity contribution in [1.29, 1.82) is 0 Å². The van der Waals surface area contributed by atoms with Gasteiger partial charge in [-0.3, -0.25) is 4.79 Å². The molecule has 1 aliphatic heterocycles. The van der Waals surface area contributed by atoms with Crippen molar-refractivity contribution in [2.45, 2.75) is 49.4 Å². The molecule has 0 atom stereocenters. The van der Waals surface area contributed by atoms with E-state index < -0.39 is 8.24 Å². The molecule has 1 fully saturated rings. The zero-order valence-corrected chi connectivity index (χ0v) is 14.7. The van der Waals surface area contributed by atoms with Gasteiger partial charge in [0.25, 0.3) is 0 Å². The summed E-state index contributed by atoms with van der Waals surface area (Å²) in [6.07, 6.45) is 5.10. The van der Waals surface area contributed by atoms with Crippen LogP contribution in [-0.4, -0.2) is 41.8 Å². The summed E-state index contributed by atoms with van der Waals surface area (Å²) in [5.41, 5.74) is 0. The third-order valence-electron chi connectivity index (χ3n) is 4.41. The van der Waals surface area contributed by atoms with Crippen LogP contribution in [0.25, 0.3) is 0 Å². The SMILES string of the molecule is CSC1(SC)CCN([Si](C)(C)C(C)(C)C)C1=O. The van der Waals surface area contributed by atoms with Gasteiger partial charge in [-0.05, 0) is 24.0 Å². The van der Waals surface area contributed by atoms with Crippen LogP contribution < -0.4 is 0 Å². The van der Waals surface area contributed by atoms with E-state index in [0.717, 1.165) is 13.0 Å². The van der Waals surface area contributed by atoms with Crippen LogP contribution in [0.5, 0.6) is 0 Å². The maximum absolute atomic E-state index is 12.7. The Bertz CT molecular complexity index is 308. The van der Waals surface area contributed by atoms with Crippen molar-refractivity contribution in [3.05, 3.63) is 0 Å². The molecule has 0 aromatic carbocycles. The summed E-state index contributed by atoms with van der Waals surface area (Å²) in [6, 6.07) is 0. The smallest absolute Gasteiger partial charge is 0.241 e. The number of amides is 1. The zero-order valence-electron chi connectivity index (χ0n) is 12.1.